The molecular formula is C37H34N2O5S. The summed E-state index contributed by atoms with van der Waals surface area (Å²) in [6.07, 6.45) is 0.730. The fourth-order valence-electron chi connectivity index (χ4n) is 5.66. The smallest absolute Gasteiger partial charge is 0.497 e. The first-order valence-electron chi connectivity index (χ1n) is 14.8. The van der Waals surface area contributed by atoms with Crippen molar-refractivity contribution in [2.45, 2.75) is 26.6 Å². The molecule has 6 aromatic rings. The summed E-state index contributed by atoms with van der Waals surface area (Å²) in [4.78, 5) is 30.7. The molecule has 6 rings (SSSR count). The molecule has 2 aromatic heterocycles. The van der Waals surface area contributed by atoms with E-state index in [-0.39, 0.29) is 17.8 Å². The summed E-state index contributed by atoms with van der Waals surface area (Å²) in [5, 5.41) is 2.78. The van der Waals surface area contributed by atoms with Gasteiger partial charge in [0.05, 0.1) is 25.3 Å². The molecule has 228 valence electrons. The zero-order valence-electron chi connectivity index (χ0n) is 25.5. The average molecular weight is 619 g/mol. The van der Waals surface area contributed by atoms with Gasteiger partial charge in [0.1, 0.15) is 10.6 Å². The van der Waals surface area contributed by atoms with Gasteiger partial charge in [-0.2, -0.15) is 0 Å². The fourth-order valence-corrected chi connectivity index (χ4v) is 6.95. The van der Waals surface area contributed by atoms with E-state index in [1.807, 2.05) is 72.3 Å². The largest absolute Gasteiger partial charge is 0.514 e. The molecule has 4 aromatic carbocycles. The third-order valence-electron chi connectivity index (χ3n) is 7.72. The Morgan fingerprint density at radius 1 is 0.889 bits per heavy atom. The molecule has 0 unspecified atom stereocenters. The Balaban J connectivity index is 1.55. The number of pyridine rings is 1. The predicted molar refractivity (Wildman–Crippen MR) is 180 cm³/mol. The van der Waals surface area contributed by atoms with Gasteiger partial charge < -0.3 is 18.8 Å². The van der Waals surface area contributed by atoms with E-state index in [9.17, 15) is 9.59 Å². The van der Waals surface area contributed by atoms with Crippen LogP contribution in [0.3, 0.4) is 0 Å². The fraction of sp³-hybridized carbons (Fsp3) is 0.189. The molecule has 0 aliphatic carbocycles. The van der Waals surface area contributed by atoms with Crippen molar-refractivity contribution in [3.05, 3.63) is 130 Å². The summed E-state index contributed by atoms with van der Waals surface area (Å²) >= 11 is 1.57. The maximum atomic E-state index is 14.2. The van der Waals surface area contributed by atoms with Crippen LogP contribution in [-0.2, 0) is 24.4 Å². The minimum absolute atomic E-state index is 0.0627. The monoisotopic (exact) mass is 618 g/mol. The van der Waals surface area contributed by atoms with Crippen LogP contribution >= 0.6 is 11.3 Å². The number of nitrogens with zero attached hydrogens (tertiary/aromatic N) is 2. The minimum atomic E-state index is -0.904. The molecule has 0 aliphatic heterocycles. The lowest BCUT2D eigenvalue weighted by Gasteiger charge is -2.18. The maximum absolute atomic E-state index is 14.2. The highest BCUT2D eigenvalue weighted by Gasteiger charge is 2.24. The van der Waals surface area contributed by atoms with Crippen molar-refractivity contribution in [1.29, 1.82) is 0 Å². The van der Waals surface area contributed by atoms with Gasteiger partial charge in [0.25, 0.3) is 0 Å². The molecule has 0 saturated heterocycles. The van der Waals surface area contributed by atoms with E-state index in [2.05, 4.69) is 41.3 Å². The molecule has 0 bridgehead atoms. The van der Waals surface area contributed by atoms with Crippen LogP contribution in [0.15, 0.2) is 108 Å². The van der Waals surface area contributed by atoms with Gasteiger partial charge >= 0.3 is 6.16 Å². The number of hydrogen-bond acceptors (Lipinski definition) is 7. The van der Waals surface area contributed by atoms with Crippen LogP contribution in [0.4, 0.5) is 4.79 Å². The summed E-state index contributed by atoms with van der Waals surface area (Å²) in [5.41, 5.74) is 3.77. The summed E-state index contributed by atoms with van der Waals surface area (Å²) in [7, 11) is 3.69. The normalized spacial score (nSPS) is 11.3. The van der Waals surface area contributed by atoms with E-state index in [0.717, 1.165) is 42.9 Å². The first kappa shape index (κ1) is 30.1. The SMILES string of the molecule is CCOC(=O)Oc1cn(Cc2cccc3ccccc23)c2sc(-c3ccc(OC)cc3)c(CN(C)Cc3ccccc3)c2c1=O. The Morgan fingerprint density at radius 2 is 1.62 bits per heavy atom. The molecule has 45 heavy (non-hydrogen) atoms. The van der Waals surface area contributed by atoms with E-state index in [4.69, 9.17) is 14.2 Å². The summed E-state index contributed by atoms with van der Waals surface area (Å²) < 4.78 is 18.0. The van der Waals surface area contributed by atoms with Crippen LogP contribution in [0.25, 0.3) is 31.4 Å². The van der Waals surface area contributed by atoms with E-state index in [1.54, 1.807) is 31.6 Å². The highest BCUT2D eigenvalue weighted by atomic mass is 32.1. The van der Waals surface area contributed by atoms with Gasteiger partial charge in [-0.25, -0.2) is 4.79 Å². The van der Waals surface area contributed by atoms with Gasteiger partial charge in [-0.05, 0) is 71.3 Å². The zero-order valence-corrected chi connectivity index (χ0v) is 26.3. The number of rotatable bonds is 10. The maximum Gasteiger partial charge on any atom is 0.514 e. The molecule has 0 amide bonds. The number of ether oxygens (including phenoxy) is 3. The lowest BCUT2D eigenvalue weighted by atomic mass is 10.0. The molecular weight excluding hydrogens is 584 g/mol. The average Bonchev–Trinajstić information content (AvgIpc) is 3.43. The minimum Gasteiger partial charge on any atom is -0.497 e. The molecule has 0 atom stereocenters. The number of fused-ring (bicyclic) bond motifs is 2. The third-order valence-corrected chi connectivity index (χ3v) is 9.04. The van der Waals surface area contributed by atoms with Gasteiger partial charge in [-0.1, -0.05) is 72.8 Å². The molecule has 0 aliphatic rings. The molecule has 0 radical (unpaired) electrons. The van der Waals surface area contributed by atoms with Crippen molar-refractivity contribution < 1.29 is 19.0 Å². The van der Waals surface area contributed by atoms with Gasteiger partial charge in [0.15, 0.2) is 5.75 Å². The lowest BCUT2D eigenvalue weighted by molar-refractivity contribution is 0.104. The van der Waals surface area contributed by atoms with E-state index < -0.39 is 6.16 Å². The number of carbonyl (C=O) groups is 1. The van der Waals surface area contributed by atoms with Crippen molar-refractivity contribution in [2.24, 2.45) is 0 Å². The first-order chi connectivity index (χ1) is 21.9. The van der Waals surface area contributed by atoms with Gasteiger partial charge in [0, 0.05) is 24.5 Å². The highest BCUT2D eigenvalue weighted by Crippen LogP contribution is 2.40. The lowest BCUT2D eigenvalue weighted by Crippen LogP contribution is -2.21. The number of carbonyl (C=O) groups excluding carboxylic acids is 1. The van der Waals surface area contributed by atoms with Crippen molar-refractivity contribution >= 4 is 38.5 Å². The molecule has 2 heterocycles. The van der Waals surface area contributed by atoms with Crippen LogP contribution in [0, 0.1) is 0 Å². The van der Waals surface area contributed by atoms with Crippen molar-refractivity contribution in [2.75, 3.05) is 20.8 Å². The zero-order chi connectivity index (χ0) is 31.3. The standard InChI is InChI=1S/C37H34N2O5S/c1-4-43-37(41)44-32-24-39(22-28-15-10-14-26-13-8-9-16-30(26)28)36-33(34(32)40)31(23-38(2)21-25-11-6-5-7-12-25)35(45-36)27-17-19-29(42-3)20-18-27/h5-20,24H,4,21-23H2,1-3H3. The Hall–Kier alpha value is -4.92. The summed E-state index contributed by atoms with van der Waals surface area (Å²) in [6.45, 7) is 3.51. The number of aromatic nitrogens is 1. The molecule has 8 heteroatoms. The van der Waals surface area contributed by atoms with Crippen LogP contribution in [0.2, 0.25) is 0 Å². The van der Waals surface area contributed by atoms with E-state index >= 15 is 0 Å². The van der Waals surface area contributed by atoms with Crippen molar-refractivity contribution in [3.8, 4) is 21.9 Å². The first-order valence-corrected chi connectivity index (χ1v) is 15.6. The second-order valence-corrected chi connectivity index (χ2v) is 11.8. The summed E-state index contributed by atoms with van der Waals surface area (Å²) in [5.74, 6) is 0.690. The second-order valence-electron chi connectivity index (χ2n) is 10.9. The van der Waals surface area contributed by atoms with Crippen molar-refractivity contribution in [1.82, 2.24) is 9.47 Å². The van der Waals surface area contributed by atoms with Crippen molar-refractivity contribution in [3.63, 3.8) is 0 Å². The van der Waals surface area contributed by atoms with Gasteiger partial charge in [0.2, 0.25) is 5.43 Å². The number of methoxy groups -OCH3 is 1. The van der Waals surface area contributed by atoms with Crippen LogP contribution < -0.4 is 14.9 Å². The topological polar surface area (TPSA) is 70.0 Å². The Bertz CT molecular complexity index is 2010. The highest BCUT2D eigenvalue weighted by molar-refractivity contribution is 7.22. The van der Waals surface area contributed by atoms with Crippen LogP contribution in [0.1, 0.15) is 23.6 Å². The van der Waals surface area contributed by atoms with E-state index in [0.29, 0.717) is 25.0 Å². The van der Waals surface area contributed by atoms with Crippen LogP contribution in [0.5, 0.6) is 11.5 Å². The number of thiophene rings is 1. The molecule has 7 nitrogen and oxygen atoms in total. The Labute approximate surface area is 265 Å². The molecule has 0 N–H and O–H groups in total. The third kappa shape index (κ3) is 6.48. The Kier molecular flexibility index (Phi) is 8.96. The van der Waals surface area contributed by atoms with Gasteiger partial charge in [-0.3, -0.25) is 9.69 Å². The molecule has 0 fully saturated rings. The summed E-state index contributed by atoms with van der Waals surface area (Å²) in [6, 6.07) is 32.6. The second kappa shape index (κ2) is 13.4. The number of benzene rings is 4. The number of hydrogen-bond donors (Lipinski definition) is 0. The Morgan fingerprint density at radius 3 is 2.38 bits per heavy atom. The van der Waals surface area contributed by atoms with Crippen LogP contribution in [-0.4, -0.2) is 36.4 Å². The molecule has 0 saturated carbocycles. The molecule has 0 spiro atoms. The van der Waals surface area contributed by atoms with E-state index in [1.165, 1.54) is 5.56 Å². The van der Waals surface area contributed by atoms with Gasteiger partial charge in [-0.15, -0.1) is 11.3 Å². The quantitative estimate of drug-likeness (QED) is 0.145. The predicted octanol–water partition coefficient (Wildman–Crippen LogP) is 8.11.